The first kappa shape index (κ1) is 19.3. The van der Waals surface area contributed by atoms with Gasteiger partial charge in [0.1, 0.15) is 6.10 Å². The summed E-state index contributed by atoms with van der Waals surface area (Å²) < 4.78 is 18.3. The molecule has 21 heavy (non-hydrogen) atoms. The maximum absolute atomic E-state index is 6.15. The van der Waals surface area contributed by atoms with Crippen molar-refractivity contribution >= 4 is 11.8 Å². The number of hydrogen-bond donors (Lipinski definition) is 0. The van der Waals surface area contributed by atoms with Crippen molar-refractivity contribution in [2.24, 2.45) is 0 Å². The molecule has 1 aliphatic heterocycles. The van der Waals surface area contributed by atoms with Crippen molar-refractivity contribution in [2.75, 3.05) is 31.3 Å². The van der Waals surface area contributed by atoms with E-state index in [1.165, 1.54) is 19.3 Å². The van der Waals surface area contributed by atoms with Crippen LogP contribution in [0.2, 0.25) is 0 Å². The normalized spacial score (nSPS) is 26.1. The van der Waals surface area contributed by atoms with Crippen molar-refractivity contribution in [2.45, 2.75) is 77.6 Å². The Morgan fingerprint density at radius 1 is 0.714 bits per heavy atom. The summed E-state index contributed by atoms with van der Waals surface area (Å²) in [5, 5.41) is 0. The molecule has 4 heteroatoms. The van der Waals surface area contributed by atoms with Gasteiger partial charge in [0, 0.05) is 31.3 Å². The summed E-state index contributed by atoms with van der Waals surface area (Å²) in [5.74, 6) is 2.07. The summed E-state index contributed by atoms with van der Waals surface area (Å²) in [6.45, 7) is 9.11. The topological polar surface area (TPSA) is 27.7 Å². The molecule has 3 nitrogen and oxygen atoms in total. The van der Waals surface area contributed by atoms with Crippen molar-refractivity contribution in [3.63, 3.8) is 0 Å². The Balaban J connectivity index is 2.47. The van der Waals surface area contributed by atoms with Crippen LogP contribution >= 0.6 is 11.8 Å². The molecular formula is C17H34O3S. The average Bonchev–Trinajstić information content (AvgIpc) is 2.50. The molecule has 0 aromatic rings. The van der Waals surface area contributed by atoms with E-state index in [0.717, 1.165) is 50.6 Å². The van der Waals surface area contributed by atoms with Crippen LogP contribution in [0.4, 0.5) is 0 Å². The van der Waals surface area contributed by atoms with E-state index >= 15 is 0 Å². The van der Waals surface area contributed by atoms with Crippen molar-refractivity contribution in [3.05, 3.63) is 0 Å². The third kappa shape index (κ3) is 7.87. The molecule has 3 atom stereocenters. The molecule has 1 heterocycles. The average molecular weight is 319 g/mol. The second-order valence-electron chi connectivity index (χ2n) is 5.75. The Bertz CT molecular complexity index is 220. The van der Waals surface area contributed by atoms with Crippen LogP contribution in [-0.2, 0) is 14.2 Å². The summed E-state index contributed by atoms with van der Waals surface area (Å²) in [5.41, 5.74) is 0. The van der Waals surface area contributed by atoms with Crippen LogP contribution in [0.5, 0.6) is 0 Å². The summed E-state index contributed by atoms with van der Waals surface area (Å²) >= 11 is 1.94. The van der Waals surface area contributed by atoms with Gasteiger partial charge < -0.3 is 14.2 Å². The van der Waals surface area contributed by atoms with Crippen molar-refractivity contribution in [1.29, 1.82) is 0 Å². The molecule has 0 amide bonds. The van der Waals surface area contributed by atoms with E-state index in [0.29, 0.717) is 0 Å². The highest BCUT2D eigenvalue weighted by Crippen LogP contribution is 2.26. The molecule has 1 aliphatic rings. The lowest BCUT2D eigenvalue weighted by Crippen LogP contribution is -2.49. The van der Waals surface area contributed by atoms with Crippen LogP contribution < -0.4 is 0 Å². The van der Waals surface area contributed by atoms with E-state index in [4.69, 9.17) is 14.2 Å². The summed E-state index contributed by atoms with van der Waals surface area (Å²) in [4.78, 5) is 0. The number of unbranched alkanes of at least 4 members (excludes halogenated alkanes) is 3. The van der Waals surface area contributed by atoms with Gasteiger partial charge in [0.05, 0.1) is 12.2 Å². The molecule has 0 bridgehead atoms. The molecule has 1 fully saturated rings. The lowest BCUT2D eigenvalue weighted by Gasteiger charge is -2.37. The molecule has 0 aromatic carbocycles. The zero-order chi connectivity index (χ0) is 15.3. The fourth-order valence-electron chi connectivity index (χ4n) is 2.35. The molecule has 126 valence electrons. The van der Waals surface area contributed by atoms with Gasteiger partial charge in [0.2, 0.25) is 0 Å². The number of ether oxygens (including phenoxy) is 3. The van der Waals surface area contributed by atoms with Gasteiger partial charge in [-0.2, -0.15) is 11.8 Å². The molecular weight excluding hydrogens is 284 g/mol. The predicted octanol–water partition coefficient (Wildman–Crippen LogP) is 4.29. The quantitative estimate of drug-likeness (QED) is 0.502. The predicted molar refractivity (Wildman–Crippen MR) is 91.3 cm³/mol. The molecule has 1 rings (SSSR count). The van der Waals surface area contributed by atoms with Crippen LogP contribution in [0.1, 0.15) is 59.3 Å². The second-order valence-corrected chi connectivity index (χ2v) is 6.83. The minimum atomic E-state index is 0.117. The lowest BCUT2D eigenvalue weighted by atomic mass is 10.1. The van der Waals surface area contributed by atoms with Crippen molar-refractivity contribution in [1.82, 2.24) is 0 Å². The Hall–Kier alpha value is 0.230. The van der Waals surface area contributed by atoms with E-state index in [1.54, 1.807) is 0 Å². The molecule has 0 aliphatic carbocycles. The molecule has 0 saturated carbocycles. The molecule has 0 radical (unpaired) electrons. The highest BCUT2D eigenvalue weighted by atomic mass is 32.2. The standard InChI is InChI=1S/C17H34O3S/c1-4-7-10-18-15-13-21-14-16(19-11-8-5-2)17(15)20-12-9-6-3/h15-17H,4-14H2,1-3H3/t15-,16+,17+. The molecule has 1 saturated heterocycles. The van der Waals surface area contributed by atoms with Gasteiger partial charge >= 0.3 is 0 Å². The van der Waals surface area contributed by atoms with Crippen LogP contribution in [-0.4, -0.2) is 49.6 Å². The summed E-state index contributed by atoms with van der Waals surface area (Å²) in [7, 11) is 0. The van der Waals surface area contributed by atoms with E-state index < -0.39 is 0 Å². The first-order valence-corrected chi connectivity index (χ1v) is 9.91. The smallest absolute Gasteiger partial charge is 0.111 e. The Labute approximate surface area is 135 Å². The van der Waals surface area contributed by atoms with Gasteiger partial charge in [-0.3, -0.25) is 0 Å². The number of thioether (sulfide) groups is 1. The highest BCUT2D eigenvalue weighted by Gasteiger charge is 2.35. The van der Waals surface area contributed by atoms with E-state index in [-0.39, 0.29) is 18.3 Å². The summed E-state index contributed by atoms with van der Waals surface area (Å²) in [6.07, 6.45) is 7.41. The van der Waals surface area contributed by atoms with Crippen LogP contribution in [0.15, 0.2) is 0 Å². The number of hydrogen-bond acceptors (Lipinski definition) is 4. The number of rotatable bonds is 12. The Kier molecular flexibility index (Phi) is 11.7. The summed E-state index contributed by atoms with van der Waals surface area (Å²) in [6, 6.07) is 0. The van der Waals surface area contributed by atoms with Gasteiger partial charge in [-0.1, -0.05) is 40.0 Å². The van der Waals surface area contributed by atoms with Gasteiger partial charge in [-0.25, -0.2) is 0 Å². The van der Waals surface area contributed by atoms with Crippen LogP contribution in [0.25, 0.3) is 0 Å². The largest absolute Gasteiger partial charge is 0.375 e. The van der Waals surface area contributed by atoms with Gasteiger partial charge in [-0.05, 0) is 19.3 Å². The fourth-order valence-corrected chi connectivity index (χ4v) is 3.52. The van der Waals surface area contributed by atoms with Gasteiger partial charge in [0.15, 0.2) is 0 Å². The van der Waals surface area contributed by atoms with E-state index in [9.17, 15) is 0 Å². The minimum Gasteiger partial charge on any atom is -0.375 e. The molecule has 0 N–H and O–H groups in total. The zero-order valence-electron chi connectivity index (χ0n) is 14.1. The van der Waals surface area contributed by atoms with Crippen molar-refractivity contribution in [3.8, 4) is 0 Å². The molecule has 0 spiro atoms. The second kappa shape index (κ2) is 12.7. The Morgan fingerprint density at radius 2 is 1.14 bits per heavy atom. The first-order chi connectivity index (χ1) is 10.3. The third-order valence-electron chi connectivity index (χ3n) is 3.76. The monoisotopic (exact) mass is 318 g/mol. The van der Waals surface area contributed by atoms with Crippen LogP contribution in [0, 0.1) is 0 Å². The van der Waals surface area contributed by atoms with E-state index in [2.05, 4.69) is 20.8 Å². The molecule has 0 unspecified atom stereocenters. The maximum atomic E-state index is 6.15. The van der Waals surface area contributed by atoms with Gasteiger partial charge in [-0.15, -0.1) is 0 Å². The first-order valence-electron chi connectivity index (χ1n) is 8.75. The van der Waals surface area contributed by atoms with Crippen LogP contribution in [0.3, 0.4) is 0 Å². The minimum absolute atomic E-state index is 0.117. The fraction of sp³-hybridized carbons (Fsp3) is 1.00. The zero-order valence-corrected chi connectivity index (χ0v) is 15.0. The highest BCUT2D eigenvalue weighted by molar-refractivity contribution is 7.99. The van der Waals surface area contributed by atoms with Gasteiger partial charge in [0.25, 0.3) is 0 Å². The maximum Gasteiger partial charge on any atom is 0.111 e. The molecule has 0 aromatic heterocycles. The van der Waals surface area contributed by atoms with E-state index in [1.807, 2.05) is 11.8 Å². The Morgan fingerprint density at radius 3 is 1.57 bits per heavy atom. The SMILES string of the molecule is CCCCO[C@@H]1[C@@H](OCCCC)CSC[C@H]1OCCCC. The lowest BCUT2D eigenvalue weighted by molar-refractivity contribution is -0.130. The third-order valence-corrected chi connectivity index (χ3v) is 4.89. The van der Waals surface area contributed by atoms with Crippen molar-refractivity contribution < 1.29 is 14.2 Å².